The maximum absolute atomic E-state index is 12.6. The summed E-state index contributed by atoms with van der Waals surface area (Å²) in [6.07, 6.45) is 2.96. The minimum Gasteiger partial charge on any atom is -0.456 e. The van der Waals surface area contributed by atoms with Crippen molar-refractivity contribution in [1.29, 1.82) is 0 Å². The highest BCUT2D eigenvalue weighted by atomic mass is 16.4. The lowest BCUT2D eigenvalue weighted by Crippen LogP contribution is -2.51. The van der Waals surface area contributed by atoms with Gasteiger partial charge in [-0.15, -0.1) is 0 Å². The van der Waals surface area contributed by atoms with E-state index in [2.05, 4.69) is 17.7 Å². The van der Waals surface area contributed by atoms with Gasteiger partial charge in [-0.3, -0.25) is 9.59 Å². The molecule has 1 aromatic heterocycles. The number of aryl methyl sites for hydroxylation is 1. The molecule has 7 heteroatoms. The highest BCUT2D eigenvalue weighted by Crippen LogP contribution is 2.35. The molecule has 2 aliphatic rings. The predicted octanol–water partition coefficient (Wildman–Crippen LogP) is 1.73. The average molecular weight is 305 g/mol. The number of carbonyl (C=O) groups excluding carboxylic acids is 3. The first-order valence-electron chi connectivity index (χ1n) is 7.45. The number of nitrogens with one attached hydrogen (secondary N) is 2. The van der Waals surface area contributed by atoms with Crippen LogP contribution in [0, 0.1) is 12.8 Å². The van der Waals surface area contributed by atoms with Gasteiger partial charge in [-0.2, -0.15) is 5.01 Å². The lowest BCUT2D eigenvalue weighted by Gasteiger charge is -2.33. The molecule has 4 amide bonds. The smallest absolute Gasteiger partial charge is 0.344 e. The van der Waals surface area contributed by atoms with Crippen LogP contribution in [0.1, 0.15) is 48.9 Å². The fourth-order valence-electron chi connectivity index (χ4n) is 3.03. The van der Waals surface area contributed by atoms with E-state index < -0.39 is 17.5 Å². The Balaban J connectivity index is 1.73. The molecule has 7 nitrogen and oxygen atoms in total. The SMILES string of the molecule is Cc1ccc(C(=O)NN2C(=O)NC3(CCC(C)CC3)C2=O)o1. The number of hydrazine groups is 1. The van der Waals surface area contributed by atoms with Crippen molar-refractivity contribution in [2.45, 2.75) is 45.1 Å². The fraction of sp³-hybridized carbons (Fsp3) is 0.533. The van der Waals surface area contributed by atoms with Gasteiger partial charge in [0, 0.05) is 0 Å². The number of nitrogens with zero attached hydrogens (tertiary/aromatic N) is 1. The summed E-state index contributed by atoms with van der Waals surface area (Å²) in [5.41, 5.74) is 1.46. The van der Waals surface area contributed by atoms with E-state index >= 15 is 0 Å². The third-order valence-corrected chi connectivity index (χ3v) is 4.47. The van der Waals surface area contributed by atoms with Crippen molar-refractivity contribution in [3.8, 4) is 0 Å². The second kappa shape index (κ2) is 5.15. The molecule has 118 valence electrons. The Morgan fingerprint density at radius 2 is 2.05 bits per heavy atom. The topological polar surface area (TPSA) is 91.7 Å². The summed E-state index contributed by atoms with van der Waals surface area (Å²) < 4.78 is 5.20. The first-order chi connectivity index (χ1) is 10.4. The van der Waals surface area contributed by atoms with E-state index in [1.807, 2.05) is 0 Å². The molecule has 0 unspecified atom stereocenters. The van der Waals surface area contributed by atoms with E-state index in [1.54, 1.807) is 13.0 Å². The Morgan fingerprint density at radius 1 is 1.36 bits per heavy atom. The summed E-state index contributed by atoms with van der Waals surface area (Å²) in [7, 11) is 0. The van der Waals surface area contributed by atoms with E-state index in [-0.39, 0.29) is 11.7 Å². The van der Waals surface area contributed by atoms with Crippen LogP contribution in [0.15, 0.2) is 16.5 Å². The van der Waals surface area contributed by atoms with Crippen LogP contribution in [0.2, 0.25) is 0 Å². The summed E-state index contributed by atoms with van der Waals surface area (Å²) in [4.78, 5) is 36.7. The van der Waals surface area contributed by atoms with Crippen molar-refractivity contribution in [3.05, 3.63) is 23.7 Å². The zero-order chi connectivity index (χ0) is 15.9. The second-order valence-corrected chi connectivity index (χ2v) is 6.19. The summed E-state index contributed by atoms with van der Waals surface area (Å²) >= 11 is 0. The van der Waals surface area contributed by atoms with Gasteiger partial charge in [0.15, 0.2) is 5.76 Å². The van der Waals surface area contributed by atoms with Gasteiger partial charge < -0.3 is 9.73 Å². The van der Waals surface area contributed by atoms with Gasteiger partial charge in [0.05, 0.1) is 0 Å². The van der Waals surface area contributed by atoms with Crippen LogP contribution in [0.4, 0.5) is 4.79 Å². The number of furan rings is 1. The Kier molecular flexibility index (Phi) is 3.42. The first-order valence-corrected chi connectivity index (χ1v) is 7.45. The molecule has 22 heavy (non-hydrogen) atoms. The summed E-state index contributed by atoms with van der Waals surface area (Å²) in [5.74, 6) is 0.195. The summed E-state index contributed by atoms with van der Waals surface area (Å²) in [5, 5.41) is 3.52. The number of rotatable bonds is 2. The molecule has 3 rings (SSSR count). The van der Waals surface area contributed by atoms with Crippen molar-refractivity contribution in [2.24, 2.45) is 5.92 Å². The predicted molar refractivity (Wildman–Crippen MR) is 76.7 cm³/mol. The minimum atomic E-state index is -0.865. The maximum atomic E-state index is 12.6. The molecule has 1 saturated heterocycles. The van der Waals surface area contributed by atoms with Crippen LogP contribution >= 0.6 is 0 Å². The maximum Gasteiger partial charge on any atom is 0.344 e. The zero-order valence-corrected chi connectivity index (χ0v) is 12.6. The molecule has 0 aromatic carbocycles. The number of imide groups is 1. The van der Waals surface area contributed by atoms with Crippen molar-refractivity contribution < 1.29 is 18.8 Å². The van der Waals surface area contributed by atoms with Crippen molar-refractivity contribution >= 4 is 17.8 Å². The normalized spacial score (nSPS) is 28.1. The minimum absolute atomic E-state index is 0.0660. The van der Waals surface area contributed by atoms with Gasteiger partial charge in [0.2, 0.25) is 0 Å². The number of urea groups is 1. The molecular formula is C15H19N3O4. The Morgan fingerprint density at radius 3 is 2.64 bits per heavy atom. The molecule has 1 aliphatic carbocycles. The number of hydrogen-bond donors (Lipinski definition) is 2. The summed E-state index contributed by atoms with van der Waals surface area (Å²) in [6.45, 7) is 3.84. The van der Waals surface area contributed by atoms with Crippen LogP contribution < -0.4 is 10.7 Å². The molecule has 1 saturated carbocycles. The lowest BCUT2D eigenvalue weighted by atomic mass is 9.77. The molecule has 1 spiro atoms. The van der Waals surface area contributed by atoms with Crippen molar-refractivity contribution in [2.75, 3.05) is 0 Å². The molecule has 2 fully saturated rings. The molecule has 1 aliphatic heterocycles. The van der Waals surface area contributed by atoms with Crippen molar-refractivity contribution in [3.63, 3.8) is 0 Å². The van der Waals surface area contributed by atoms with Gasteiger partial charge in [-0.05, 0) is 50.7 Å². The van der Waals surface area contributed by atoms with Crippen LogP contribution in [0.5, 0.6) is 0 Å². The van der Waals surface area contributed by atoms with Gasteiger partial charge in [0.1, 0.15) is 11.3 Å². The highest BCUT2D eigenvalue weighted by Gasteiger charge is 2.53. The Bertz CT molecular complexity index is 628. The van der Waals surface area contributed by atoms with Crippen LogP contribution in [-0.2, 0) is 4.79 Å². The second-order valence-electron chi connectivity index (χ2n) is 6.19. The zero-order valence-electron chi connectivity index (χ0n) is 12.6. The highest BCUT2D eigenvalue weighted by molar-refractivity contribution is 6.09. The van der Waals surface area contributed by atoms with Crippen LogP contribution in [0.25, 0.3) is 0 Å². The van der Waals surface area contributed by atoms with E-state index in [4.69, 9.17) is 4.42 Å². The molecule has 2 N–H and O–H groups in total. The Labute approximate surface area is 128 Å². The van der Waals surface area contributed by atoms with Gasteiger partial charge in [-0.25, -0.2) is 10.2 Å². The molecule has 0 radical (unpaired) electrons. The number of carbonyl (C=O) groups is 3. The first kappa shape index (κ1) is 14.6. The molecule has 0 atom stereocenters. The standard InChI is InChI=1S/C15H19N3O4/c1-9-5-7-15(8-6-9)13(20)18(14(21)16-15)17-12(19)11-4-3-10(2)22-11/h3-4,9H,5-8H2,1-2H3,(H,16,21)(H,17,19). The number of amides is 4. The molecule has 1 aromatic rings. The monoisotopic (exact) mass is 305 g/mol. The molecular weight excluding hydrogens is 286 g/mol. The van der Waals surface area contributed by atoms with E-state index in [0.29, 0.717) is 24.5 Å². The molecule has 2 heterocycles. The van der Waals surface area contributed by atoms with E-state index in [9.17, 15) is 14.4 Å². The Hall–Kier alpha value is -2.31. The van der Waals surface area contributed by atoms with Crippen LogP contribution in [0.3, 0.4) is 0 Å². The quantitative estimate of drug-likeness (QED) is 0.814. The van der Waals surface area contributed by atoms with E-state index in [1.165, 1.54) is 6.07 Å². The molecule has 0 bridgehead atoms. The third-order valence-electron chi connectivity index (χ3n) is 4.47. The summed E-state index contributed by atoms with van der Waals surface area (Å²) in [6, 6.07) is 2.56. The van der Waals surface area contributed by atoms with Gasteiger partial charge >= 0.3 is 11.9 Å². The third kappa shape index (κ3) is 2.36. The lowest BCUT2D eigenvalue weighted by molar-refractivity contribution is -0.134. The fourth-order valence-corrected chi connectivity index (χ4v) is 3.03. The van der Waals surface area contributed by atoms with Gasteiger partial charge in [-0.1, -0.05) is 6.92 Å². The van der Waals surface area contributed by atoms with Gasteiger partial charge in [0.25, 0.3) is 5.91 Å². The van der Waals surface area contributed by atoms with E-state index in [0.717, 1.165) is 17.9 Å². The van der Waals surface area contributed by atoms with Crippen molar-refractivity contribution in [1.82, 2.24) is 15.8 Å². The van der Waals surface area contributed by atoms with Crippen LogP contribution in [-0.4, -0.2) is 28.4 Å². The average Bonchev–Trinajstić information content (AvgIpc) is 3.00. The number of hydrogen-bond acceptors (Lipinski definition) is 4. The largest absolute Gasteiger partial charge is 0.456 e.